The van der Waals surface area contributed by atoms with Crippen LogP contribution < -0.4 is 5.32 Å². The van der Waals surface area contributed by atoms with Crippen LogP contribution in [0.5, 0.6) is 0 Å². The van der Waals surface area contributed by atoms with Crippen LogP contribution in [0.2, 0.25) is 0 Å². The Bertz CT molecular complexity index is 238. The highest BCUT2D eigenvalue weighted by Crippen LogP contribution is 2.19. The fourth-order valence-corrected chi connectivity index (χ4v) is 3.31. The van der Waals surface area contributed by atoms with Crippen LogP contribution in [0.1, 0.15) is 73.1 Å². The maximum Gasteiger partial charge on any atom is 0.0244 e. The summed E-state index contributed by atoms with van der Waals surface area (Å²) in [5.41, 5.74) is 0. The van der Waals surface area contributed by atoms with Crippen LogP contribution >= 0.6 is 0 Å². The van der Waals surface area contributed by atoms with Crippen LogP contribution in [0.15, 0.2) is 0 Å². The van der Waals surface area contributed by atoms with Crippen molar-refractivity contribution < 1.29 is 0 Å². The van der Waals surface area contributed by atoms with Gasteiger partial charge in [0.1, 0.15) is 0 Å². The summed E-state index contributed by atoms with van der Waals surface area (Å²) >= 11 is 0. The molecule has 0 saturated carbocycles. The van der Waals surface area contributed by atoms with E-state index < -0.39 is 0 Å². The van der Waals surface area contributed by atoms with Crippen molar-refractivity contribution in [3.8, 4) is 0 Å². The molecule has 1 aliphatic heterocycles. The second-order valence-corrected chi connectivity index (χ2v) is 7.33. The summed E-state index contributed by atoms with van der Waals surface area (Å²) in [5.74, 6) is 1.51. The molecule has 1 N–H and O–H groups in total. The highest BCUT2D eigenvalue weighted by atomic mass is 15.2. The molecule has 0 spiro atoms. The molecule has 0 aromatic carbocycles. The normalized spacial score (nSPS) is 24.8. The Morgan fingerprint density at radius 3 is 2.20 bits per heavy atom. The van der Waals surface area contributed by atoms with Gasteiger partial charge in [0, 0.05) is 25.2 Å². The van der Waals surface area contributed by atoms with Crippen molar-refractivity contribution in [3.63, 3.8) is 0 Å². The lowest BCUT2D eigenvalue weighted by molar-refractivity contribution is 0.0834. The van der Waals surface area contributed by atoms with Gasteiger partial charge in [-0.25, -0.2) is 0 Å². The van der Waals surface area contributed by atoms with Crippen molar-refractivity contribution in [2.24, 2.45) is 11.8 Å². The molecule has 2 atom stereocenters. The average molecular weight is 283 g/mol. The first-order chi connectivity index (χ1) is 9.56. The van der Waals surface area contributed by atoms with Crippen molar-refractivity contribution in [2.75, 3.05) is 19.6 Å². The molecule has 120 valence electrons. The smallest absolute Gasteiger partial charge is 0.0244 e. The largest absolute Gasteiger partial charge is 0.311 e. The molecular formula is C18H38N2. The molecule has 1 saturated heterocycles. The SMILES string of the molecule is CCCCCCCCN1CC(C(C)C)NCC1C(C)C. The van der Waals surface area contributed by atoms with E-state index in [-0.39, 0.29) is 0 Å². The van der Waals surface area contributed by atoms with Gasteiger partial charge in [-0.3, -0.25) is 4.90 Å². The minimum atomic E-state index is 0.685. The van der Waals surface area contributed by atoms with Gasteiger partial charge in [-0.05, 0) is 24.8 Å². The predicted octanol–water partition coefficient (Wildman–Crippen LogP) is 4.30. The van der Waals surface area contributed by atoms with Crippen molar-refractivity contribution in [1.29, 1.82) is 0 Å². The Hall–Kier alpha value is -0.0800. The van der Waals surface area contributed by atoms with Gasteiger partial charge in [-0.2, -0.15) is 0 Å². The van der Waals surface area contributed by atoms with Crippen LogP contribution in [-0.4, -0.2) is 36.6 Å². The first-order valence-corrected chi connectivity index (χ1v) is 9.03. The lowest BCUT2D eigenvalue weighted by Crippen LogP contribution is -2.59. The number of rotatable bonds is 9. The Morgan fingerprint density at radius 2 is 1.60 bits per heavy atom. The third-order valence-corrected chi connectivity index (χ3v) is 4.86. The molecule has 0 aromatic heterocycles. The molecule has 1 aliphatic rings. The van der Waals surface area contributed by atoms with E-state index in [0.29, 0.717) is 6.04 Å². The lowest BCUT2D eigenvalue weighted by atomic mass is 9.94. The second kappa shape index (κ2) is 9.78. The molecule has 1 rings (SSSR count). The number of nitrogens with zero attached hydrogens (tertiary/aromatic N) is 1. The number of hydrogen-bond donors (Lipinski definition) is 1. The average Bonchev–Trinajstić information content (AvgIpc) is 2.42. The molecule has 0 bridgehead atoms. The van der Waals surface area contributed by atoms with Crippen molar-refractivity contribution in [2.45, 2.75) is 85.2 Å². The monoisotopic (exact) mass is 282 g/mol. The van der Waals surface area contributed by atoms with Gasteiger partial charge in [-0.15, -0.1) is 0 Å². The topological polar surface area (TPSA) is 15.3 Å². The summed E-state index contributed by atoms with van der Waals surface area (Å²) in [6, 6.07) is 1.42. The Balaban J connectivity index is 2.32. The van der Waals surface area contributed by atoms with Gasteiger partial charge in [0.2, 0.25) is 0 Å². The van der Waals surface area contributed by atoms with Gasteiger partial charge in [0.05, 0.1) is 0 Å². The van der Waals surface area contributed by atoms with Gasteiger partial charge < -0.3 is 5.32 Å². The Morgan fingerprint density at radius 1 is 0.950 bits per heavy atom. The van der Waals surface area contributed by atoms with Crippen LogP contribution in [0.4, 0.5) is 0 Å². The van der Waals surface area contributed by atoms with E-state index in [1.165, 1.54) is 58.2 Å². The number of piperazine rings is 1. The molecular weight excluding hydrogens is 244 g/mol. The lowest BCUT2D eigenvalue weighted by Gasteiger charge is -2.43. The molecule has 0 aromatic rings. The fourth-order valence-electron chi connectivity index (χ4n) is 3.31. The highest BCUT2D eigenvalue weighted by molar-refractivity contribution is 4.88. The summed E-state index contributed by atoms with van der Waals surface area (Å²) < 4.78 is 0. The minimum absolute atomic E-state index is 0.685. The van der Waals surface area contributed by atoms with Crippen LogP contribution in [-0.2, 0) is 0 Å². The maximum absolute atomic E-state index is 3.76. The molecule has 2 nitrogen and oxygen atoms in total. The molecule has 0 amide bonds. The van der Waals surface area contributed by atoms with Crippen molar-refractivity contribution in [1.82, 2.24) is 10.2 Å². The van der Waals surface area contributed by atoms with Crippen LogP contribution in [0.3, 0.4) is 0 Å². The number of unbranched alkanes of at least 4 members (excludes halogenated alkanes) is 5. The summed E-state index contributed by atoms with van der Waals surface area (Å²) in [5, 5.41) is 3.76. The Kier molecular flexibility index (Phi) is 8.79. The van der Waals surface area contributed by atoms with Crippen LogP contribution in [0, 0.1) is 11.8 Å². The molecule has 0 aliphatic carbocycles. The van der Waals surface area contributed by atoms with E-state index in [0.717, 1.165) is 17.9 Å². The van der Waals surface area contributed by atoms with Gasteiger partial charge in [0.15, 0.2) is 0 Å². The van der Waals surface area contributed by atoms with Crippen molar-refractivity contribution in [3.05, 3.63) is 0 Å². The van der Waals surface area contributed by atoms with E-state index in [9.17, 15) is 0 Å². The molecule has 1 heterocycles. The highest BCUT2D eigenvalue weighted by Gasteiger charge is 2.30. The summed E-state index contributed by atoms with van der Waals surface area (Å²) in [6.07, 6.45) is 8.43. The molecule has 20 heavy (non-hydrogen) atoms. The van der Waals surface area contributed by atoms with E-state index in [2.05, 4.69) is 44.8 Å². The van der Waals surface area contributed by atoms with Crippen molar-refractivity contribution >= 4 is 0 Å². The fraction of sp³-hybridized carbons (Fsp3) is 1.00. The van der Waals surface area contributed by atoms with Gasteiger partial charge >= 0.3 is 0 Å². The maximum atomic E-state index is 3.76. The quantitative estimate of drug-likeness (QED) is 0.634. The Labute approximate surface area is 127 Å². The molecule has 2 heteroatoms. The standard InChI is InChI=1S/C18H38N2/c1-6-7-8-9-10-11-12-20-14-17(15(2)3)19-13-18(20)16(4)5/h15-19H,6-14H2,1-5H3. The summed E-state index contributed by atoms with van der Waals surface area (Å²) in [4.78, 5) is 2.77. The van der Waals surface area contributed by atoms with E-state index >= 15 is 0 Å². The van der Waals surface area contributed by atoms with E-state index in [4.69, 9.17) is 0 Å². The summed E-state index contributed by atoms with van der Waals surface area (Å²) in [7, 11) is 0. The zero-order valence-electron chi connectivity index (χ0n) is 14.6. The van der Waals surface area contributed by atoms with Gasteiger partial charge in [0.25, 0.3) is 0 Å². The first kappa shape index (κ1) is 18.0. The summed E-state index contributed by atoms with van der Waals surface area (Å²) in [6.45, 7) is 15.4. The second-order valence-electron chi connectivity index (χ2n) is 7.33. The zero-order chi connectivity index (χ0) is 15.0. The number of nitrogens with one attached hydrogen (secondary N) is 1. The zero-order valence-corrected chi connectivity index (χ0v) is 14.6. The van der Waals surface area contributed by atoms with E-state index in [1.54, 1.807) is 0 Å². The van der Waals surface area contributed by atoms with Gasteiger partial charge in [-0.1, -0.05) is 66.7 Å². The van der Waals surface area contributed by atoms with E-state index in [1.807, 2.05) is 0 Å². The third kappa shape index (κ3) is 6.13. The predicted molar refractivity (Wildman–Crippen MR) is 90.2 cm³/mol. The minimum Gasteiger partial charge on any atom is -0.311 e. The molecule has 1 fully saturated rings. The third-order valence-electron chi connectivity index (χ3n) is 4.86. The first-order valence-electron chi connectivity index (χ1n) is 9.03. The molecule has 2 unspecified atom stereocenters. The van der Waals surface area contributed by atoms with Crippen LogP contribution in [0.25, 0.3) is 0 Å². The number of hydrogen-bond acceptors (Lipinski definition) is 2. The molecule has 0 radical (unpaired) electrons.